The first kappa shape index (κ1) is 39.8. The van der Waals surface area contributed by atoms with Crippen LogP contribution in [0.15, 0.2) is 36.7 Å². The molecule has 0 atom stereocenters. The van der Waals surface area contributed by atoms with Gasteiger partial charge in [0.15, 0.2) is 11.5 Å². The molecule has 0 bridgehead atoms. The van der Waals surface area contributed by atoms with Gasteiger partial charge in [0.1, 0.15) is 12.2 Å². The first-order chi connectivity index (χ1) is 23.1. The molecule has 3 aliphatic heterocycles. The molecule has 4 N–H and O–H groups in total. The highest BCUT2D eigenvalue weighted by atomic mass is 19.4. The average Bonchev–Trinajstić information content (AvgIpc) is 3.02. The molecular formula is C32H38F6N4O8. The number of piperidine rings is 2. The van der Waals surface area contributed by atoms with Crippen LogP contribution in [-0.2, 0) is 27.3 Å². The van der Waals surface area contributed by atoms with Crippen molar-refractivity contribution in [3.8, 4) is 11.5 Å². The zero-order chi connectivity index (χ0) is 37.5. The van der Waals surface area contributed by atoms with Gasteiger partial charge in [0.05, 0.1) is 6.42 Å². The fourth-order valence-electron chi connectivity index (χ4n) is 5.72. The number of likely N-dealkylation sites (tertiary alicyclic amines) is 2. The van der Waals surface area contributed by atoms with Crippen LogP contribution in [0, 0.1) is 5.41 Å². The van der Waals surface area contributed by atoms with E-state index in [1.54, 1.807) is 18.5 Å². The van der Waals surface area contributed by atoms with Gasteiger partial charge in [-0.05, 0) is 75.7 Å². The van der Waals surface area contributed by atoms with E-state index in [1.165, 1.54) is 5.56 Å². The maximum atomic E-state index is 13.2. The average molecular weight is 721 g/mol. The molecule has 0 unspecified atom stereocenters. The molecule has 1 spiro atoms. The van der Waals surface area contributed by atoms with Crippen LogP contribution in [0.1, 0.15) is 61.0 Å². The number of benzene rings is 1. The highest BCUT2D eigenvalue weighted by Gasteiger charge is 2.40. The van der Waals surface area contributed by atoms with Gasteiger partial charge < -0.3 is 30.3 Å². The Balaban J connectivity index is 0.000000408. The summed E-state index contributed by atoms with van der Waals surface area (Å²) in [5.74, 6) is -4.28. The minimum Gasteiger partial charge on any atom is -0.486 e. The van der Waals surface area contributed by atoms with Crippen molar-refractivity contribution in [3.05, 3.63) is 53.3 Å². The van der Waals surface area contributed by atoms with E-state index in [9.17, 15) is 35.9 Å². The molecule has 2 amide bonds. The number of ether oxygens (including phenoxy) is 2. The number of amides is 2. The number of carbonyl (C=O) groups is 4. The zero-order valence-electron chi connectivity index (χ0n) is 27.3. The molecule has 2 aromatic rings. The highest BCUT2D eigenvalue weighted by Crippen LogP contribution is 2.43. The molecule has 0 radical (unpaired) electrons. The number of carboxylic acids is 2. The lowest BCUT2D eigenvalue weighted by Crippen LogP contribution is -2.48. The lowest BCUT2D eigenvalue weighted by atomic mass is 9.71. The van der Waals surface area contributed by atoms with Gasteiger partial charge in [-0.3, -0.25) is 19.5 Å². The van der Waals surface area contributed by atoms with E-state index in [0.717, 1.165) is 69.9 Å². The van der Waals surface area contributed by atoms with E-state index in [0.29, 0.717) is 23.1 Å². The van der Waals surface area contributed by atoms with E-state index in [2.05, 4.69) is 29.8 Å². The normalized spacial score (nSPS) is 18.1. The Labute approximate surface area is 283 Å². The fraction of sp³-hybridized carbons (Fsp3) is 0.531. The molecule has 4 heterocycles. The Morgan fingerprint density at radius 1 is 0.880 bits per heavy atom. The lowest BCUT2D eigenvalue weighted by Gasteiger charge is -2.47. The topological polar surface area (TPSA) is 173 Å². The molecule has 18 heteroatoms. The van der Waals surface area contributed by atoms with Gasteiger partial charge in [-0.1, -0.05) is 12.1 Å². The van der Waals surface area contributed by atoms with Crippen LogP contribution in [0.4, 0.5) is 26.3 Å². The molecule has 276 valence electrons. The first-order valence-corrected chi connectivity index (χ1v) is 15.4. The molecule has 3 aliphatic rings. The second-order valence-corrected chi connectivity index (χ2v) is 12.7. The molecule has 0 aliphatic carbocycles. The molecule has 0 saturated carbocycles. The van der Waals surface area contributed by atoms with E-state index in [1.807, 2.05) is 17.0 Å². The van der Waals surface area contributed by atoms with Crippen molar-refractivity contribution in [1.29, 1.82) is 0 Å². The Hall–Kier alpha value is -4.61. The van der Waals surface area contributed by atoms with E-state index in [4.69, 9.17) is 35.0 Å². The van der Waals surface area contributed by atoms with Crippen molar-refractivity contribution < 1.29 is 65.2 Å². The van der Waals surface area contributed by atoms with Crippen LogP contribution in [-0.4, -0.2) is 99.5 Å². The Bertz CT molecular complexity index is 1510. The second kappa shape index (κ2) is 15.9. The molecular weight excluding hydrogens is 682 g/mol. The molecule has 5 rings (SSSR count). The number of hydrogen-bond donors (Lipinski definition) is 3. The summed E-state index contributed by atoms with van der Waals surface area (Å²) < 4.78 is 75.7. The number of rotatable bonds is 5. The summed E-state index contributed by atoms with van der Waals surface area (Å²) in [6.07, 6.45) is -2.68. The van der Waals surface area contributed by atoms with Crippen LogP contribution in [0.5, 0.6) is 11.5 Å². The summed E-state index contributed by atoms with van der Waals surface area (Å²) >= 11 is 0. The van der Waals surface area contributed by atoms with Gasteiger partial charge in [-0.25, -0.2) is 9.59 Å². The summed E-state index contributed by atoms with van der Waals surface area (Å²) in [5, 5.41) is 14.2. The summed E-state index contributed by atoms with van der Waals surface area (Å²) in [6, 6.07) is 7.87. The number of nitrogens with zero attached hydrogens (tertiary/aromatic N) is 3. The van der Waals surface area contributed by atoms with Gasteiger partial charge in [-0.2, -0.15) is 26.3 Å². The molecule has 2 fully saturated rings. The van der Waals surface area contributed by atoms with Crippen molar-refractivity contribution >= 4 is 23.8 Å². The minimum absolute atomic E-state index is 0.0278. The van der Waals surface area contributed by atoms with E-state index in [-0.39, 0.29) is 17.9 Å². The monoisotopic (exact) mass is 720 g/mol. The number of aromatic nitrogens is 1. The number of hydrogen-bond acceptors (Lipinski definition) is 8. The number of nitrogens with two attached hydrogens (primary N) is 1. The van der Waals surface area contributed by atoms with E-state index < -0.39 is 30.2 Å². The summed E-state index contributed by atoms with van der Waals surface area (Å²) in [6.45, 7) is 9.08. The largest absolute Gasteiger partial charge is 0.490 e. The molecule has 50 heavy (non-hydrogen) atoms. The number of para-hydroxylation sites is 1. The predicted molar refractivity (Wildman–Crippen MR) is 163 cm³/mol. The first-order valence-electron chi connectivity index (χ1n) is 15.4. The van der Waals surface area contributed by atoms with Gasteiger partial charge >= 0.3 is 24.3 Å². The summed E-state index contributed by atoms with van der Waals surface area (Å²) in [7, 11) is 0. The third-order valence-electron chi connectivity index (χ3n) is 8.42. The van der Waals surface area contributed by atoms with Crippen molar-refractivity contribution in [2.24, 2.45) is 11.1 Å². The minimum atomic E-state index is -5.08. The number of aliphatic carboxylic acids is 2. The SMILES string of the molecule is CC1(C)COc2cccc(CN3CCC4(CC3)CCN(C(=O)c3ccncc3CC(N)=O)CC4)c2O1.O=C(O)C(F)(F)F.O=C(O)C(F)(F)F. The van der Waals surface area contributed by atoms with Gasteiger partial charge in [0.2, 0.25) is 5.91 Å². The Morgan fingerprint density at radius 3 is 1.94 bits per heavy atom. The second-order valence-electron chi connectivity index (χ2n) is 12.7. The number of carbonyl (C=O) groups excluding carboxylic acids is 2. The summed E-state index contributed by atoms with van der Waals surface area (Å²) in [5.41, 5.74) is 7.65. The molecule has 1 aromatic carbocycles. The molecule has 1 aromatic heterocycles. The maximum Gasteiger partial charge on any atom is 0.490 e. The van der Waals surface area contributed by atoms with Crippen LogP contribution in [0.2, 0.25) is 0 Å². The van der Waals surface area contributed by atoms with Crippen LogP contribution < -0.4 is 15.2 Å². The number of carboxylic acid groups (broad SMARTS) is 2. The molecule has 12 nitrogen and oxygen atoms in total. The lowest BCUT2D eigenvalue weighted by molar-refractivity contribution is -0.193. The zero-order valence-corrected chi connectivity index (χ0v) is 27.3. The maximum absolute atomic E-state index is 13.2. The molecule has 2 saturated heterocycles. The van der Waals surface area contributed by atoms with Crippen molar-refractivity contribution in [2.45, 2.75) is 70.4 Å². The smallest absolute Gasteiger partial charge is 0.486 e. The van der Waals surface area contributed by atoms with Gasteiger partial charge in [0.25, 0.3) is 5.91 Å². The fourth-order valence-corrected chi connectivity index (χ4v) is 5.72. The third-order valence-corrected chi connectivity index (χ3v) is 8.42. The number of halogens is 6. The highest BCUT2D eigenvalue weighted by molar-refractivity contribution is 5.96. The summed E-state index contributed by atoms with van der Waals surface area (Å²) in [4.78, 5) is 50.9. The van der Waals surface area contributed by atoms with Gasteiger partial charge in [0, 0.05) is 43.2 Å². The van der Waals surface area contributed by atoms with Gasteiger partial charge in [-0.15, -0.1) is 0 Å². The Morgan fingerprint density at radius 2 is 1.42 bits per heavy atom. The number of fused-ring (bicyclic) bond motifs is 1. The van der Waals surface area contributed by atoms with Crippen molar-refractivity contribution in [1.82, 2.24) is 14.8 Å². The van der Waals surface area contributed by atoms with E-state index >= 15 is 0 Å². The standard InChI is InChI=1S/C28H36N4O4.2C2HF3O2/c1-27(2)19-35-23-5-3-4-20(25(23)36-27)18-31-12-7-28(8-13-31)9-14-32(15-10-28)26(34)22-6-11-30-17-21(22)16-24(29)33;2*3-2(4,5)1(6)7/h3-6,11,17H,7-10,12-16,18-19H2,1-2H3,(H2,29,33);2*(H,6,7). The third kappa shape index (κ3) is 11.2. The van der Waals surface area contributed by atoms with Crippen molar-refractivity contribution in [2.75, 3.05) is 32.8 Å². The van der Waals surface area contributed by atoms with Crippen LogP contribution in [0.25, 0.3) is 0 Å². The van der Waals surface area contributed by atoms with Crippen LogP contribution in [0.3, 0.4) is 0 Å². The number of alkyl halides is 6. The predicted octanol–water partition coefficient (Wildman–Crippen LogP) is 4.44. The Kier molecular flexibility index (Phi) is 12.7. The quantitative estimate of drug-likeness (QED) is 0.375. The number of primary amides is 1. The number of pyridine rings is 1. The van der Waals surface area contributed by atoms with Crippen LogP contribution >= 0.6 is 0 Å². The van der Waals surface area contributed by atoms with Crippen molar-refractivity contribution in [3.63, 3.8) is 0 Å².